The molecule has 0 spiro atoms. The number of rotatable bonds is 0. The van der Waals surface area contributed by atoms with Crippen LogP contribution in [0.4, 0.5) is 0 Å². The number of aromatic amines is 1. The molecule has 0 unspecified atom stereocenters. The molecule has 1 aliphatic rings. The van der Waals surface area contributed by atoms with E-state index < -0.39 is 0 Å². The van der Waals surface area contributed by atoms with Crippen molar-refractivity contribution < 1.29 is 51.0 Å². The van der Waals surface area contributed by atoms with Crippen molar-refractivity contribution in [2.24, 2.45) is 0 Å². The molecule has 1 aromatic carbocycles. The van der Waals surface area contributed by atoms with Gasteiger partial charge in [0.1, 0.15) is 0 Å². The van der Waals surface area contributed by atoms with E-state index in [1.54, 1.807) is 11.1 Å². The molecular weight excluding hydrogens is 344 g/mol. The van der Waals surface area contributed by atoms with Crippen LogP contribution >= 0.6 is 0 Å². The van der Waals surface area contributed by atoms with Crippen LogP contribution in [0.15, 0.2) is 18.2 Å². The van der Waals surface area contributed by atoms with Gasteiger partial charge < -0.3 is 29.8 Å². The van der Waals surface area contributed by atoms with Crippen molar-refractivity contribution in [3.8, 4) is 0 Å². The van der Waals surface area contributed by atoms with E-state index in [9.17, 15) is 0 Å². The summed E-state index contributed by atoms with van der Waals surface area (Å²) in [5, 5.41) is 0. The Bertz CT molecular complexity index is 422. The molecule has 1 N–H and O–H groups in total. The van der Waals surface area contributed by atoms with E-state index in [-0.39, 0.29) is 51.0 Å². The maximum Gasteiger partial charge on any atom is 4.00 e. The van der Waals surface area contributed by atoms with Gasteiger partial charge in [-0.3, -0.25) is 0 Å². The van der Waals surface area contributed by atoms with E-state index in [0.29, 0.717) is 0 Å². The number of hydrogen-bond acceptors (Lipinski definition) is 0. The van der Waals surface area contributed by atoms with Gasteiger partial charge >= 0.3 is 26.2 Å². The molecule has 96 valence electrons. The van der Waals surface area contributed by atoms with Crippen LogP contribution in [-0.4, -0.2) is 4.98 Å². The summed E-state index contributed by atoms with van der Waals surface area (Å²) in [6, 6.07) is 6.55. The number of hydrogen-bond donors (Lipinski definition) is 1. The fourth-order valence-corrected chi connectivity index (χ4v) is 1.73. The molecule has 0 atom stereocenters. The largest absolute Gasteiger partial charge is 4.00 e. The van der Waals surface area contributed by atoms with Crippen LogP contribution in [0.5, 0.6) is 0 Å². The molecule has 3 rings (SSSR count). The zero-order valence-electron chi connectivity index (χ0n) is 10.9. The smallest absolute Gasteiger partial charge is 1.00 e. The first kappa shape index (κ1) is 20.4. The molecule has 1 aliphatic carbocycles. The van der Waals surface area contributed by atoms with E-state index in [2.05, 4.69) is 50.2 Å². The SMILES string of the molecule is Cc1[c-][nH]c(C)c1C.[Cl-].[Cl-].[Zr+4].c1cc2[c-](c1)CC2. The quantitative estimate of drug-likeness (QED) is 0.490. The van der Waals surface area contributed by atoms with Crippen molar-refractivity contribution in [2.45, 2.75) is 33.6 Å². The van der Waals surface area contributed by atoms with E-state index in [1.807, 2.05) is 0 Å². The molecule has 0 bridgehead atoms. The van der Waals surface area contributed by atoms with Gasteiger partial charge in [0.25, 0.3) is 0 Å². The van der Waals surface area contributed by atoms with E-state index in [0.717, 1.165) is 0 Å². The Morgan fingerprint density at radius 2 is 1.89 bits per heavy atom. The predicted octanol–water partition coefficient (Wildman–Crippen LogP) is -2.75. The van der Waals surface area contributed by atoms with Crippen molar-refractivity contribution in [1.82, 2.24) is 4.98 Å². The molecule has 0 radical (unpaired) electrons. The number of aromatic nitrogens is 1. The zero-order valence-corrected chi connectivity index (χ0v) is 14.9. The van der Waals surface area contributed by atoms with E-state index in [1.165, 1.54) is 29.7 Å². The Morgan fingerprint density at radius 3 is 2.06 bits per heavy atom. The first-order valence-electron chi connectivity index (χ1n) is 5.45. The molecule has 0 saturated carbocycles. The maximum atomic E-state index is 3.01. The second-order valence-corrected chi connectivity index (χ2v) is 4.20. The number of aryl methyl sites for hydroxylation is 4. The zero-order chi connectivity index (χ0) is 10.8. The topological polar surface area (TPSA) is 15.8 Å². The summed E-state index contributed by atoms with van der Waals surface area (Å²) in [7, 11) is 0. The van der Waals surface area contributed by atoms with E-state index in [4.69, 9.17) is 0 Å². The molecule has 1 nitrogen and oxygen atoms in total. The van der Waals surface area contributed by atoms with Crippen molar-refractivity contribution >= 4 is 0 Å². The Labute approximate surface area is 141 Å². The Hall–Kier alpha value is 0.0931. The Balaban J connectivity index is 0. The summed E-state index contributed by atoms with van der Waals surface area (Å²) in [4.78, 5) is 3.01. The van der Waals surface area contributed by atoms with Crippen LogP contribution in [0.2, 0.25) is 0 Å². The van der Waals surface area contributed by atoms with Gasteiger partial charge in [-0.05, 0) is 0 Å². The molecule has 18 heavy (non-hydrogen) atoms. The third-order valence-corrected chi connectivity index (χ3v) is 3.23. The van der Waals surface area contributed by atoms with Crippen LogP contribution in [0.1, 0.15) is 27.9 Å². The van der Waals surface area contributed by atoms with Crippen LogP contribution in [0, 0.1) is 27.0 Å². The number of fused-ring (bicyclic) bond motifs is 1. The van der Waals surface area contributed by atoms with E-state index >= 15 is 0 Å². The molecular formula is C14H17Cl2NZr. The monoisotopic (exact) mass is 359 g/mol. The van der Waals surface area contributed by atoms with Gasteiger partial charge in [0.15, 0.2) is 0 Å². The summed E-state index contributed by atoms with van der Waals surface area (Å²) in [5.74, 6) is 0. The van der Waals surface area contributed by atoms with Crippen molar-refractivity contribution in [3.05, 3.63) is 52.3 Å². The standard InChI is InChI=1S/C7H10N.C7H7.2ClH.Zr/c1-5-4-8-7(3)6(5)2;1-2-6-4-5-7(6)3-1;;;/h8H,1-3H3;1-3H,4-5H2;2*1H;/q2*-1;;;+4/p-2. The molecule has 0 fully saturated rings. The summed E-state index contributed by atoms with van der Waals surface area (Å²) in [6.07, 6.45) is 5.66. The average molecular weight is 361 g/mol. The normalized spacial score (nSPS) is 10.4. The second kappa shape index (κ2) is 9.07. The first-order valence-corrected chi connectivity index (χ1v) is 5.45. The van der Waals surface area contributed by atoms with Gasteiger partial charge in [-0.2, -0.15) is 28.3 Å². The summed E-state index contributed by atoms with van der Waals surface area (Å²) >= 11 is 0. The minimum Gasteiger partial charge on any atom is -1.00 e. The molecule has 0 amide bonds. The summed E-state index contributed by atoms with van der Waals surface area (Å²) in [6.45, 7) is 6.20. The third-order valence-electron chi connectivity index (χ3n) is 3.23. The maximum absolute atomic E-state index is 3.01. The molecule has 1 aromatic heterocycles. The number of halogens is 2. The van der Waals surface area contributed by atoms with Gasteiger partial charge in [-0.15, -0.1) is 11.9 Å². The summed E-state index contributed by atoms with van der Waals surface area (Å²) in [5.41, 5.74) is 6.91. The number of nitrogens with one attached hydrogen (secondary N) is 1. The van der Waals surface area contributed by atoms with Gasteiger partial charge in [-0.25, -0.2) is 12.1 Å². The van der Waals surface area contributed by atoms with Gasteiger partial charge in [0, 0.05) is 0 Å². The fourth-order valence-electron chi connectivity index (χ4n) is 1.73. The van der Waals surface area contributed by atoms with Crippen molar-refractivity contribution in [3.63, 3.8) is 0 Å². The van der Waals surface area contributed by atoms with Crippen LogP contribution < -0.4 is 24.8 Å². The van der Waals surface area contributed by atoms with Crippen LogP contribution in [0.3, 0.4) is 0 Å². The van der Waals surface area contributed by atoms with Gasteiger partial charge in [0.05, 0.1) is 0 Å². The van der Waals surface area contributed by atoms with Crippen molar-refractivity contribution in [2.75, 3.05) is 0 Å². The summed E-state index contributed by atoms with van der Waals surface area (Å²) < 4.78 is 0. The number of H-pyrrole nitrogens is 1. The fraction of sp³-hybridized carbons (Fsp3) is 0.357. The minimum atomic E-state index is 0. The van der Waals surface area contributed by atoms with Gasteiger partial charge in [0.2, 0.25) is 0 Å². The third kappa shape index (κ3) is 4.65. The van der Waals surface area contributed by atoms with Crippen LogP contribution in [0.25, 0.3) is 0 Å². The molecule has 0 aliphatic heterocycles. The molecule has 1 heterocycles. The average Bonchev–Trinajstić information content (AvgIpc) is 2.66. The first-order chi connectivity index (χ1) is 7.18. The molecule has 2 aromatic rings. The second-order valence-electron chi connectivity index (χ2n) is 4.20. The predicted molar refractivity (Wildman–Crippen MR) is 63.3 cm³/mol. The van der Waals surface area contributed by atoms with Crippen LogP contribution in [-0.2, 0) is 39.0 Å². The van der Waals surface area contributed by atoms with Crippen molar-refractivity contribution in [1.29, 1.82) is 0 Å². The molecule has 4 heteroatoms. The Morgan fingerprint density at radius 1 is 1.22 bits per heavy atom. The Kier molecular flexibility index (Phi) is 10.3. The van der Waals surface area contributed by atoms with Gasteiger partial charge in [-0.1, -0.05) is 33.6 Å². The molecule has 0 saturated heterocycles. The minimum absolute atomic E-state index is 0.